The van der Waals surface area contributed by atoms with Gasteiger partial charge >= 0.3 is 0 Å². The van der Waals surface area contributed by atoms with Crippen LogP contribution in [0.4, 0.5) is 5.69 Å². The summed E-state index contributed by atoms with van der Waals surface area (Å²) in [6.45, 7) is 2.06. The predicted molar refractivity (Wildman–Crippen MR) is 99.4 cm³/mol. The number of hydrogen-bond acceptors (Lipinski definition) is 5. The van der Waals surface area contributed by atoms with E-state index < -0.39 is 0 Å². The Bertz CT molecular complexity index is 1270. The van der Waals surface area contributed by atoms with Gasteiger partial charge in [0.15, 0.2) is 11.5 Å². The number of nitrogen functional groups attached to an aromatic ring is 1. The Balaban J connectivity index is 1.76. The molecule has 1 aromatic carbocycles. The van der Waals surface area contributed by atoms with Crippen molar-refractivity contribution in [1.29, 1.82) is 0 Å². The van der Waals surface area contributed by atoms with E-state index in [9.17, 15) is 0 Å². The monoisotopic (exact) mass is 344 g/mol. The molecule has 0 aliphatic rings. The van der Waals surface area contributed by atoms with Gasteiger partial charge < -0.3 is 5.73 Å². The first kappa shape index (κ1) is 14.6. The molecule has 5 aromatic rings. The minimum Gasteiger partial charge on any atom is -0.398 e. The molecule has 0 bridgehead atoms. The number of H-pyrrole nitrogens is 1. The van der Waals surface area contributed by atoms with Gasteiger partial charge in [-0.15, -0.1) is 5.10 Å². The summed E-state index contributed by atoms with van der Waals surface area (Å²) in [4.78, 5) is 4.58. The number of hydrogen-bond donors (Lipinski definition) is 2. The zero-order chi connectivity index (χ0) is 17.8. The van der Waals surface area contributed by atoms with E-state index in [-0.39, 0.29) is 0 Å². The first-order valence-electron chi connectivity index (χ1n) is 8.19. The van der Waals surface area contributed by atoms with E-state index in [0.29, 0.717) is 17.2 Å². The molecular weight excluding hydrogens is 328 g/mol. The van der Waals surface area contributed by atoms with Crippen molar-refractivity contribution >= 4 is 22.2 Å². The normalized spacial score (nSPS) is 11.6. The molecule has 128 valence electrons. The zero-order valence-corrected chi connectivity index (χ0v) is 14.3. The average Bonchev–Trinajstić information content (AvgIpc) is 3.33. The molecule has 0 fully saturated rings. The zero-order valence-electron chi connectivity index (χ0n) is 14.3. The van der Waals surface area contributed by atoms with Crippen LogP contribution < -0.4 is 5.73 Å². The van der Waals surface area contributed by atoms with Crippen molar-refractivity contribution in [1.82, 2.24) is 34.6 Å². The number of fused-ring (bicyclic) bond motifs is 2. The number of nitrogens with two attached hydrogens (primary N) is 1. The molecule has 0 spiro atoms. The summed E-state index contributed by atoms with van der Waals surface area (Å²) in [5.41, 5.74) is 12.6. The molecule has 4 heterocycles. The van der Waals surface area contributed by atoms with Gasteiger partial charge in [0.2, 0.25) is 0 Å². The molecule has 4 aromatic heterocycles. The third kappa shape index (κ3) is 2.02. The summed E-state index contributed by atoms with van der Waals surface area (Å²) in [5.74, 6) is 0.611. The number of aromatic amines is 1. The Morgan fingerprint density at radius 3 is 2.88 bits per heavy atom. The van der Waals surface area contributed by atoms with Gasteiger partial charge in [-0.1, -0.05) is 6.07 Å². The summed E-state index contributed by atoms with van der Waals surface area (Å²) in [6.07, 6.45) is 5.47. The van der Waals surface area contributed by atoms with Crippen molar-refractivity contribution in [2.24, 2.45) is 7.05 Å². The minimum atomic E-state index is 0.611. The van der Waals surface area contributed by atoms with Crippen molar-refractivity contribution < 1.29 is 0 Å². The van der Waals surface area contributed by atoms with Crippen molar-refractivity contribution in [2.75, 3.05) is 5.73 Å². The van der Waals surface area contributed by atoms with E-state index in [4.69, 9.17) is 5.73 Å². The molecule has 5 rings (SSSR count). The lowest BCUT2D eigenvalue weighted by Gasteiger charge is -2.10. The van der Waals surface area contributed by atoms with Crippen molar-refractivity contribution in [3.05, 3.63) is 48.4 Å². The molecule has 0 unspecified atom stereocenters. The van der Waals surface area contributed by atoms with Crippen LogP contribution in [0, 0.1) is 6.92 Å². The Morgan fingerprint density at radius 1 is 1.19 bits per heavy atom. The molecule has 0 aliphatic carbocycles. The van der Waals surface area contributed by atoms with E-state index in [1.54, 1.807) is 15.4 Å². The first-order valence-corrected chi connectivity index (χ1v) is 8.19. The predicted octanol–water partition coefficient (Wildman–Crippen LogP) is 2.56. The lowest BCUT2D eigenvalue weighted by Crippen LogP contribution is -1.98. The summed E-state index contributed by atoms with van der Waals surface area (Å²) in [5, 5.41) is 17.0. The van der Waals surface area contributed by atoms with Crippen LogP contribution in [0.15, 0.2) is 42.9 Å². The maximum absolute atomic E-state index is 6.38. The molecule has 0 saturated carbocycles. The number of nitrogens with one attached hydrogen (secondary N) is 1. The summed E-state index contributed by atoms with van der Waals surface area (Å²) >= 11 is 0. The molecule has 3 N–H and O–H groups in total. The molecule has 0 atom stereocenters. The number of aryl methyl sites for hydroxylation is 2. The van der Waals surface area contributed by atoms with Gasteiger partial charge in [0.05, 0.1) is 11.7 Å². The topological polar surface area (TPSA) is 103 Å². The van der Waals surface area contributed by atoms with E-state index in [2.05, 4.69) is 38.4 Å². The first-order chi connectivity index (χ1) is 12.6. The van der Waals surface area contributed by atoms with Crippen LogP contribution in [0.5, 0.6) is 0 Å². The third-order valence-corrected chi connectivity index (χ3v) is 4.66. The van der Waals surface area contributed by atoms with Crippen LogP contribution in [0.1, 0.15) is 5.56 Å². The summed E-state index contributed by atoms with van der Waals surface area (Å²) < 4.78 is 3.50. The Morgan fingerprint density at radius 2 is 2.08 bits per heavy atom. The number of anilines is 1. The second kappa shape index (κ2) is 5.16. The fraction of sp³-hybridized carbons (Fsp3) is 0.111. The van der Waals surface area contributed by atoms with Crippen LogP contribution in [0.2, 0.25) is 0 Å². The highest BCUT2D eigenvalue weighted by Gasteiger charge is 2.16. The van der Waals surface area contributed by atoms with Gasteiger partial charge in [0, 0.05) is 42.1 Å². The second-order valence-electron chi connectivity index (χ2n) is 6.31. The largest absolute Gasteiger partial charge is 0.398 e. The maximum Gasteiger partial charge on any atom is 0.200 e. The van der Waals surface area contributed by atoms with E-state index >= 15 is 0 Å². The third-order valence-electron chi connectivity index (χ3n) is 4.66. The van der Waals surface area contributed by atoms with Crippen molar-refractivity contribution in [3.63, 3.8) is 0 Å². The van der Waals surface area contributed by atoms with Gasteiger partial charge in [0.1, 0.15) is 5.69 Å². The number of aromatic nitrogens is 7. The van der Waals surface area contributed by atoms with Crippen molar-refractivity contribution in [3.8, 4) is 22.6 Å². The number of pyridine rings is 1. The van der Waals surface area contributed by atoms with Gasteiger partial charge in [-0.05, 0) is 30.2 Å². The SMILES string of the molecule is Cc1ccc2[nH]ncc2c1-c1cn2nc(-c3ccnn3C)nc2cc1N. The lowest BCUT2D eigenvalue weighted by atomic mass is 9.97. The Labute approximate surface area is 148 Å². The average molecular weight is 344 g/mol. The van der Waals surface area contributed by atoms with E-state index in [0.717, 1.165) is 33.3 Å². The molecular formula is C18H16N8. The van der Waals surface area contributed by atoms with Crippen molar-refractivity contribution in [2.45, 2.75) is 6.92 Å². The quantitative estimate of drug-likeness (QED) is 0.512. The van der Waals surface area contributed by atoms with E-state index in [1.165, 1.54) is 0 Å². The van der Waals surface area contributed by atoms with Gasteiger partial charge in [-0.2, -0.15) is 10.2 Å². The number of benzene rings is 1. The smallest absolute Gasteiger partial charge is 0.200 e. The van der Waals surface area contributed by atoms with Gasteiger partial charge in [0.25, 0.3) is 0 Å². The Kier molecular flexibility index (Phi) is 2.90. The molecule has 0 radical (unpaired) electrons. The fourth-order valence-electron chi connectivity index (χ4n) is 3.34. The fourth-order valence-corrected chi connectivity index (χ4v) is 3.34. The molecule has 0 saturated heterocycles. The minimum absolute atomic E-state index is 0.611. The highest BCUT2D eigenvalue weighted by atomic mass is 15.3. The standard InChI is InChI=1S/C18H16N8/c1-10-3-4-14-11(8-20-23-14)17(10)12-9-26-16(7-13(12)19)22-18(24-26)15-5-6-21-25(15)2/h3-9H,19H2,1-2H3,(H,20,23). The summed E-state index contributed by atoms with van der Waals surface area (Å²) in [6, 6.07) is 7.81. The number of nitrogens with zero attached hydrogens (tertiary/aromatic N) is 6. The highest BCUT2D eigenvalue weighted by Crippen LogP contribution is 2.35. The maximum atomic E-state index is 6.38. The molecule has 8 nitrogen and oxygen atoms in total. The summed E-state index contributed by atoms with van der Waals surface area (Å²) in [7, 11) is 1.86. The molecule has 8 heteroatoms. The van der Waals surface area contributed by atoms with Crippen LogP contribution >= 0.6 is 0 Å². The lowest BCUT2D eigenvalue weighted by molar-refractivity contribution is 0.769. The number of rotatable bonds is 2. The Hall–Kier alpha value is -3.68. The van der Waals surface area contributed by atoms with Gasteiger partial charge in [-0.3, -0.25) is 9.78 Å². The van der Waals surface area contributed by atoms with Crippen LogP contribution in [-0.2, 0) is 7.05 Å². The second-order valence-corrected chi connectivity index (χ2v) is 6.31. The van der Waals surface area contributed by atoms with E-state index in [1.807, 2.05) is 37.6 Å². The molecule has 0 amide bonds. The highest BCUT2D eigenvalue weighted by molar-refractivity contribution is 5.99. The van der Waals surface area contributed by atoms with Crippen LogP contribution in [0.3, 0.4) is 0 Å². The van der Waals surface area contributed by atoms with Crippen LogP contribution in [-0.4, -0.2) is 34.6 Å². The molecule has 26 heavy (non-hydrogen) atoms. The molecule has 0 aliphatic heterocycles. The van der Waals surface area contributed by atoms with Crippen LogP contribution in [0.25, 0.3) is 39.2 Å². The van der Waals surface area contributed by atoms with Gasteiger partial charge in [-0.25, -0.2) is 9.50 Å².